The third-order valence-corrected chi connectivity index (χ3v) is 3.15. The van der Waals surface area contributed by atoms with Gasteiger partial charge in [-0.25, -0.2) is 9.78 Å². The van der Waals surface area contributed by atoms with E-state index in [1.807, 2.05) is 0 Å². The second kappa shape index (κ2) is 5.01. The molecule has 18 heavy (non-hydrogen) atoms. The minimum absolute atomic E-state index is 0.0681. The summed E-state index contributed by atoms with van der Waals surface area (Å²) in [5.74, 6) is -1.23. The first-order valence-electron chi connectivity index (χ1n) is 5.16. The lowest BCUT2D eigenvalue weighted by molar-refractivity contribution is -0.116. The standard InChI is InChI=1S/C11H11N3O3S/c1-7-8(10(16)17)2-4-14(7)6-9(15)13-11-12-3-5-18-11/h2-5H,6H2,1H3,(H,16,17)(H,12,13,15). The Hall–Kier alpha value is -2.15. The summed E-state index contributed by atoms with van der Waals surface area (Å²) in [6.45, 7) is 1.73. The van der Waals surface area contributed by atoms with Gasteiger partial charge in [0.15, 0.2) is 5.13 Å². The zero-order valence-corrected chi connectivity index (χ0v) is 10.4. The summed E-state index contributed by atoms with van der Waals surface area (Å²) in [5.41, 5.74) is 0.758. The number of carboxylic acids is 1. The fraction of sp³-hybridized carbons (Fsp3) is 0.182. The number of amides is 1. The van der Waals surface area contributed by atoms with Crippen LogP contribution in [0.1, 0.15) is 16.1 Å². The molecule has 2 N–H and O–H groups in total. The molecule has 0 saturated carbocycles. The third kappa shape index (κ3) is 2.57. The van der Waals surface area contributed by atoms with Crippen LogP contribution in [0.15, 0.2) is 23.8 Å². The highest BCUT2D eigenvalue weighted by molar-refractivity contribution is 7.13. The zero-order chi connectivity index (χ0) is 13.1. The Balaban J connectivity index is 2.05. The Morgan fingerprint density at radius 1 is 1.56 bits per heavy atom. The molecule has 2 aromatic heterocycles. The van der Waals surface area contributed by atoms with Crippen molar-refractivity contribution < 1.29 is 14.7 Å². The zero-order valence-electron chi connectivity index (χ0n) is 9.58. The lowest BCUT2D eigenvalue weighted by Gasteiger charge is -2.06. The number of nitrogens with zero attached hydrogens (tertiary/aromatic N) is 2. The molecule has 0 saturated heterocycles. The van der Waals surface area contributed by atoms with Crippen LogP contribution >= 0.6 is 11.3 Å². The molecular weight excluding hydrogens is 254 g/mol. The van der Waals surface area contributed by atoms with E-state index in [1.54, 1.807) is 29.3 Å². The molecule has 2 heterocycles. The normalized spacial score (nSPS) is 10.3. The highest BCUT2D eigenvalue weighted by Crippen LogP contribution is 2.12. The number of anilines is 1. The first-order chi connectivity index (χ1) is 8.58. The number of rotatable bonds is 4. The predicted molar refractivity (Wildman–Crippen MR) is 66.9 cm³/mol. The van der Waals surface area contributed by atoms with Gasteiger partial charge in [0.05, 0.1) is 5.56 Å². The first-order valence-corrected chi connectivity index (χ1v) is 6.04. The summed E-state index contributed by atoms with van der Waals surface area (Å²) in [6, 6.07) is 1.48. The molecule has 2 rings (SSSR count). The van der Waals surface area contributed by atoms with E-state index >= 15 is 0 Å². The fourth-order valence-electron chi connectivity index (χ4n) is 1.55. The van der Waals surface area contributed by atoms with Crippen molar-refractivity contribution in [3.8, 4) is 0 Å². The van der Waals surface area contributed by atoms with E-state index in [0.29, 0.717) is 10.8 Å². The van der Waals surface area contributed by atoms with Gasteiger partial charge in [-0.2, -0.15) is 0 Å². The van der Waals surface area contributed by atoms with Gasteiger partial charge in [-0.05, 0) is 13.0 Å². The second-order valence-corrected chi connectivity index (χ2v) is 4.53. The molecule has 7 heteroatoms. The SMILES string of the molecule is Cc1c(C(=O)O)ccn1CC(=O)Nc1nccs1. The quantitative estimate of drug-likeness (QED) is 0.879. The lowest BCUT2D eigenvalue weighted by atomic mass is 10.2. The summed E-state index contributed by atoms with van der Waals surface area (Å²) >= 11 is 1.33. The van der Waals surface area contributed by atoms with Crippen LogP contribution in [0.2, 0.25) is 0 Å². The summed E-state index contributed by atoms with van der Waals surface area (Å²) in [5, 5.41) is 13.8. The molecule has 0 atom stereocenters. The number of nitrogens with one attached hydrogen (secondary N) is 1. The molecule has 1 amide bonds. The Kier molecular flexibility index (Phi) is 3.42. The molecule has 0 bridgehead atoms. The molecule has 94 valence electrons. The van der Waals surface area contributed by atoms with E-state index in [9.17, 15) is 9.59 Å². The number of aromatic nitrogens is 2. The Morgan fingerprint density at radius 3 is 2.89 bits per heavy atom. The van der Waals surface area contributed by atoms with E-state index in [1.165, 1.54) is 17.4 Å². The van der Waals surface area contributed by atoms with E-state index in [0.717, 1.165) is 0 Å². The van der Waals surface area contributed by atoms with E-state index < -0.39 is 5.97 Å². The van der Waals surface area contributed by atoms with Crippen molar-refractivity contribution in [1.82, 2.24) is 9.55 Å². The smallest absolute Gasteiger partial charge is 0.337 e. The van der Waals surface area contributed by atoms with Gasteiger partial charge in [-0.1, -0.05) is 0 Å². The topological polar surface area (TPSA) is 84.2 Å². The van der Waals surface area contributed by atoms with Gasteiger partial charge < -0.3 is 15.0 Å². The summed E-state index contributed by atoms with van der Waals surface area (Å²) in [4.78, 5) is 26.5. The van der Waals surface area contributed by atoms with E-state index in [4.69, 9.17) is 5.11 Å². The van der Waals surface area contributed by atoms with Crippen LogP contribution in [0.25, 0.3) is 0 Å². The van der Waals surface area contributed by atoms with Gasteiger partial charge in [0.2, 0.25) is 5.91 Å². The molecular formula is C11H11N3O3S. The summed E-state index contributed by atoms with van der Waals surface area (Å²) in [7, 11) is 0. The predicted octanol–water partition coefficient (Wildman–Crippen LogP) is 1.59. The summed E-state index contributed by atoms with van der Waals surface area (Å²) < 4.78 is 1.59. The molecule has 0 unspecified atom stereocenters. The van der Waals surface area contributed by atoms with Crippen molar-refractivity contribution in [2.75, 3.05) is 5.32 Å². The van der Waals surface area contributed by atoms with Crippen molar-refractivity contribution in [2.24, 2.45) is 0 Å². The molecule has 0 aliphatic rings. The number of carbonyl (C=O) groups excluding carboxylic acids is 1. The van der Waals surface area contributed by atoms with Crippen LogP contribution in [0.3, 0.4) is 0 Å². The van der Waals surface area contributed by atoms with Crippen LogP contribution in [0, 0.1) is 6.92 Å². The maximum Gasteiger partial charge on any atom is 0.337 e. The van der Waals surface area contributed by atoms with Crippen LogP contribution in [0.5, 0.6) is 0 Å². The number of aromatic carboxylic acids is 1. The second-order valence-electron chi connectivity index (χ2n) is 3.63. The van der Waals surface area contributed by atoms with Crippen molar-refractivity contribution >= 4 is 28.3 Å². The molecule has 0 aliphatic carbocycles. The monoisotopic (exact) mass is 265 g/mol. The largest absolute Gasteiger partial charge is 0.478 e. The minimum Gasteiger partial charge on any atom is -0.478 e. The summed E-state index contributed by atoms with van der Waals surface area (Å²) in [6.07, 6.45) is 3.18. The van der Waals surface area contributed by atoms with Gasteiger partial charge in [-0.15, -0.1) is 11.3 Å². The Bertz CT molecular complexity index is 574. The van der Waals surface area contributed by atoms with Crippen LogP contribution in [0.4, 0.5) is 5.13 Å². The molecule has 6 nitrogen and oxygen atoms in total. The Labute approximate surface area is 107 Å². The van der Waals surface area contributed by atoms with Crippen molar-refractivity contribution in [3.05, 3.63) is 35.1 Å². The van der Waals surface area contributed by atoms with Crippen molar-refractivity contribution in [1.29, 1.82) is 0 Å². The van der Waals surface area contributed by atoms with Crippen molar-refractivity contribution in [2.45, 2.75) is 13.5 Å². The average molecular weight is 265 g/mol. The van der Waals surface area contributed by atoms with Crippen LogP contribution < -0.4 is 5.32 Å². The lowest BCUT2D eigenvalue weighted by Crippen LogP contribution is -2.19. The fourth-order valence-corrected chi connectivity index (χ4v) is 2.09. The van der Waals surface area contributed by atoms with Gasteiger partial charge in [0.1, 0.15) is 6.54 Å². The Morgan fingerprint density at radius 2 is 2.33 bits per heavy atom. The van der Waals surface area contributed by atoms with Gasteiger partial charge in [0.25, 0.3) is 0 Å². The van der Waals surface area contributed by atoms with Crippen LogP contribution in [-0.4, -0.2) is 26.5 Å². The molecule has 2 aromatic rings. The van der Waals surface area contributed by atoms with Gasteiger partial charge in [-0.3, -0.25) is 4.79 Å². The number of hydrogen-bond acceptors (Lipinski definition) is 4. The van der Waals surface area contributed by atoms with E-state index in [2.05, 4.69) is 10.3 Å². The first kappa shape index (κ1) is 12.3. The number of carboxylic acid groups (broad SMARTS) is 1. The maximum absolute atomic E-state index is 11.7. The minimum atomic E-state index is -0.994. The van der Waals surface area contributed by atoms with Crippen LogP contribution in [-0.2, 0) is 11.3 Å². The maximum atomic E-state index is 11.7. The molecule has 0 aromatic carbocycles. The van der Waals surface area contributed by atoms with Gasteiger partial charge >= 0.3 is 5.97 Å². The number of carbonyl (C=O) groups is 2. The molecule has 0 fully saturated rings. The van der Waals surface area contributed by atoms with Crippen molar-refractivity contribution in [3.63, 3.8) is 0 Å². The molecule has 0 spiro atoms. The van der Waals surface area contributed by atoms with E-state index in [-0.39, 0.29) is 18.0 Å². The number of thiazole rings is 1. The highest BCUT2D eigenvalue weighted by Gasteiger charge is 2.13. The third-order valence-electron chi connectivity index (χ3n) is 2.46. The number of hydrogen-bond donors (Lipinski definition) is 2. The molecule has 0 radical (unpaired) electrons. The van der Waals surface area contributed by atoms with Gasteiger partial charge in [0, 0.05) is 23.5 Å². The highest BCUT2D eigenvalue weighted by atomic mass is 32.1. The molecule has 0 aliphatic heterocycles. The average Bonchev–Trinajstić information content (AvgIpc) is 2.90.